The van der Waals surface area contributed by atoms with Crippen molar-refractivity contribution in [1.29, 1.82) is 0 Å². The first-order chi connectivity index (χ1) is 7.68. The number of pyridine rings is 1. The Morgan fingerprint density at radius 3 is 2.62 bits per heavy atom. The molecule has 1 aromatic rings. The van der Waals surface area contributed by atoms with E-state index in [1.807, 2.05) is 19.2 Å². The van der Waals surface area contributed by atoms with E-state index >= 15 is 0 Å². The van der Waals surface area contributed by atoms with Gasteiger partial charge in [-0.2, -0.15) is 0 Å². The molecule has 1 aromatic heterocycles. The van der Waals surface area contributed by atoms with Gasteiger partial charge in [-0.3, -0.25) is 4.98 Å². The average Bonchev–Trinajstić information content (AvgIpc) is 2.29. The second-order valence-electron chi connectivity index (χ2n) is 5.09. The summed E-state index contributed by atoms with van der Waals surface area (Å²) in [7, 11) is 0. The van der Waals surface area contributed by atoms with Crippen molar-refractivity contribution >= 4 is 0 Å². The average molecular weight is 219 g/mol. The quantitative estimate of drug-likeness (QED) is 0.847. The molecule has 0 bridgehead atoms. The standard InChI is InChI=1S/C14H21NO/c1-12-5-6-13(11-15-12)7-10-14(16)8-3-2-4-9-14/h5-6,11,16H,2-4,7-10H2,1H3. The molecule has 0 radical (unpaired) electrons. The van der Waals surface area contributed by atoms with Crippen LogP contribution in [0.4, 0.5) is 0 Å². The molecule has 2 rings (SSSR count). The van der Waals surface area contributed by atoms with E-state index in [4.69, 9.17) is 0 Å². The number of hydrogen-bond donors (Lipinski definition) is 1. The maximum atomic E-state index is 10.4. The van der Waals surface area contributed by atoms with Crippen molar-refractivity contribution in [2.24, 2.45) is 0 Å². The lowest BCUT2D eigenvalue weighted by Gasteiger charge is -2.32. The summed E-state index contributed by atoms with van der Waals surface area (Å²) in [6.07, 6.45) is 9.38. The van der Waals surface area contributed by atoms with Crippen LogP contribution in [0.2, 0.25) is 0 Å². The fourth-order valence-electron chi connectivity index (χ4n) is 2.48. The molecule has 1 N–H and O–H groups in total. The van der Waals surface area contributed by atoms with Crippen molar-refractivity contribution < 1.29 is 5.11 Å². The minimum atomic E-state index is -0.400. The van der Waals surface area contributed by atoms with Crippen molar-refractivity contribution in [2.45, 2.75) is 57.5 Å². The number of hydrogen-bond acceptors (Lipinski definition) is 2. The van der Waals surface area contributed by atoms with E-state index < -0.39 is 5.60 Å². The molecule has 0 unspecified atom stereocenters. The molecule has 0 aromatic carbocycles. The van der Waals surface area contributed by atoms with Gasteiger partial charge in [0.25, 0.3) is 0 Å². The highest BCUT2D eigenvalue weighted by Crippen LogP contribution is 2.31. The summed E-state index contributed by atoms with van der Waals surface area (Å²) in [6.45, 7) is 2.00. The van der Waals surface area contributed by atoms with Crippen LogP contribution in [0.25, 0.3) is 0 Å². The third-order valence-electron chi connectivity index (χ3n) is 3.64. The number of rotatable bonds is 3. The van der Waals surface area contributed by atoms with Crippen LogP contribution in [0.1, 0.15) is 49.8 Å². The maximum Gasteiger partial charge on any atom is 0.0651 e. The normalized spacial score (nSPS) is 19.6. The first-order valence-corrected chi connectivity index (χ1v) is 6.32. The molecule has 88 valence electrons. The number of aryl methyl sites for hydroxylation is 2. The van der Waals surface area contributed by atoms with Crippen molar-refractivity contribution in [3.8, 4) is 0 Å². The predicted octanol–water partition coefficient (Wildman–Crippen LogP) is 3.02. The minimum absolute atomic E-state index is 0.400. The zero-order valence-electron chi connectivity index (χ0n) is 10.1. The maximum absolute atomic E-state index is 10.4. The summed E-state index contributed by atoms with van der Waals surface area (Å²) in [5.41, 5.74) is 1.90. The van der Waals surface area contributed by atoms with Crippen LogP contribution in [0.15, 0.2) is 18.3 Å². The Morgan fingerprint density at radius 1 is 1.25 bits per heavy atom. The molecular formula is C14H21NO. The van der Waals surface area contributed by atoms with Gasteiger partial charge in [-0.15, -0.1) is 0 Å². The van der Waals surface area contributed by atoms with Crippen molar-refractivity contribution in [3.05, 3.63) is 29.6 Å². The fraction of sp³-hybridized carbons (Fsp3) is 0.643. The zero-order chi connectivity index (χ0) is 11.4. The number of nitrogens with zero attached hydrogens (tertiary/aromatic N) is 1. The van der Waals surface area contributed by atoms with Crippen LogP contribution in [0, 0.1) is 6.92 Å². The molecular weight excluding hydrogens is 198 g/mol. The molecule has 0 atom stereocenters. The Balaban J connectivity index is 1.88. The fourth-order valence-corrected chi connectivity index (χ4v) is 2.48. The minimum Gasteiger partial charge on any atom is -0.390 e. The monoisotopic (exact) mass is 219 g/mol. The van der Waals surface area contributed by atoms with Crippen LogP contribution in [0.3, 0.4) is 0 Å². The predicted molar refractivity (Wildman–Crippen MR) is 65.3 cm³/mol. The first kappa shape index (κ1) is 11.6. The molecule has 0 saturated heterocycles. The lowest BCUT2D eigenvalue weighted by atomic mass is 9.81. The van der Waals surface area contributed by atoms with Gasteiger partial charge in [0.2, 0.25) is 0 Å². The highest BCUT2D eigenvalue weighted by molar-refractivity contribution is 5.13. The molecule has 2 heteroatoms. The molecule has 0 spiro atoms. The summed E-state index contributed by atoms with van der Waals surface area (Å²) < 4.78 is 0. The molecule has 16 heavy (non-hydrogen) atoms. The van der Waals surface area contributed by atoms with Gasteiger partial charge in [0.1, 0.15) is 0 Å². The smallest absolute Gasteiger partial charge is 0.0651 e. The second-order valence-corrected chi connectivity index (χ2v) is 5.09. The van der Waals surface area contributed by atoms with E-state index in [2.05, 4.69) is 11.1 Å². The third-order valence-corrected chi connectivity index (χ3v) is 3.64. The van der Waals surface area contributed by atoms with Gasteiger partial charge in [0.15, 0.2) is 0 Å². The number of aromatic nitrogens is 1. The third kappa shape index (κ3) is 3.05. The Bertz CT molecular complexity index is 325. The molecule has 1 saturated carbocycles. The SMILES string of the molecule is Cc1ccc(CCC2(O)CCCCC2)cn1. The highest BCUT2D eigenvalue weighted by atomic mass is 16.3. The van der Waals surface area contributed by atoms with Gasteiger partial charge < -0.3 is 5.11 Å². The lowest BCUT2D eigenvalue weighted by Crippen LogP contribution is -2.31. The summed E-state index contributed by atoms with van der Waals surface area (Å²) in [5.74, 6) is 0. The van der Waals surface area contributed by atoms with Gasteiger partial charge in [-0.25, -0.2) is 0 Å². The summed E-state index contributed by atoms with van der Waals surface area (Å²) >= 11 is 0. The molecule has 0 amide bonds. The topological polar surface area (TPSA) is 33.1 Å². The molecule has 1 aliphatic rings. The van der Waals surface area contributed by atoms with Crippen LogP contribution in [-0.2, 0) is 6.42 Å². The number of aliphatic hydroxyl groups is 1. The van der Waals surface area contributed by atoms with Gasteiger partial charge in [0.05, 0.1) is 5.60 Å². The largest absolute Gasteiger partial charge is 0.390 e. The van der Waals surface area contributed by atoms with Crippen LogP contribution in [0.5, 0.6) is 0 Å². The summed E-state index contributed by atoms with van der Waals surface area (Å²) in [4.78, 5) is 4.28. The van der Waals surface area contributed by atoms with Crippen LogP contribution < -0.4 is 0 Å². The highest BCUT2D eigenvalue weighted by Gasteiger charge is 2.28. The second kappa shape index (κ2) is 4.96. The zero-order valence-corrected chi connectivity index (χ0v) is 10.1. The lowest BCUT2D eigenvalue weighted by molar-refractivity contribution is -0.00343. The summed E-state index contributed by atoms with van der Waals surface area (Å²) in [6, 6.07) is 4.16. The molecule has 1 aliphatic carbocycles. The van der Waals surface area contributed by atoms with Crippen LogP contribution in [-0.4, -0.2) is 15.7 Å². The van der Waals surface area contributed by atoms with Gasteiger partial charge in [-0.1, -0.05) is 25.3 Å². The Morgan fingerprint density at radius 2 is 2.00 bits per heavy atom. The van der Waals surface area contributed by atoms with Gasteiger partial charge >= 0.3 is 0 Å². The molecule has 0 aliphatic heterocycles. The van der Waals surface area contributed by atoms with E-state index in [-0.39, 0.29) is 0 Å². The molecule has 1 heterocycles. The van der Waals surface area contributed by atoms with Gasteiger partial charge in [-0.05, 0) is 44.2 Å². The van der Waals surface area contributed by atoms with Crippen molar-refractivity contribution in [1.82, 2.24) is 4.98 Å². The first-order valence-electron chi connectivity index (χ1n) is 6.32. The van der Waals surface area contributed by atoms with E-state index in [1.165, 1.54) is 24.8 Å². The Labute approximate surface area is 97.7 Å². The van der Waals surface area contributed by atoms with Crippen molar-refractivity contribution in [3.63, 3.8) is 0 Å². The van der Waals surface area contributed by atoms with Crippen molar-refractivity contribution in [2.75, 3.05) is 0 Å². The van der Waals surface area contributed by atoms with E-state index in [0.29, 0.717) is 0 Å². The van der Waals surface area contributed by atoms with E-state index in [0.717, 1.165) is 31.4 Å². The Kier molecular flexibility index (Phi) is 3.59. The van der Waals surface area contributed by atoms with E-state index in [1.54, 1.807) is 0 Å². The summed E-state index contributed by atoms with van der Waals surface area (Å²) in [5, 5.41) is 10.4. The molecule has 1 fully saturated rings. The van der Waals surface area contributed by atoms with Gasteiger partial charge in [0, 0.05) is 11.9 Å². The van der Waals surface area contributed by atoms with E-state index in [9.17, 15) is 5.11 Å². The van der Waals surface area contributed by atoms with Crippen LogP contribution >= 0.6 is 0 Å². The Hall–Kier alpha value is -0.890. The molecule has 2 nitrogen and oxygen atoms in total.